The Balaban J connectivity index is 2.50. The maximum atomic E-state index is 12.5. The van der Waals surface area contributed by atoms with Crippen LogP contribution >= 0.6 is 23.2 Å². The molecule has 0 aromatic heterocycles. The van der Waals surface area contributed by atoms with E-state index in [0.29, 0.717) is 5.56 Å². The third-order valence-electron chi connectivity index (χ3n) is 3.19. The summed E-state index contributed by atoms with van der Waals surface area (Å²) in [6, 6.07) is 8.49. The molecule has 0 aliphatic heterocycles. The Morgan fingerprint density at radius 1 is 0.917 bits per heavy atom. The van der Waals surface area contributed by atoms with E-state index in [9.17, 15) is 16.8 Å². The summed E-state index contributed by atoms with van der Waals surface area (Å²) in [7, 11) is -6.54. The molecular formula is C14H14Cl2N2O4S2. The molecule has 10 heteroatoms. The lowest BCUT2D eigenvalue weighted by atomic mass is 10.2. The standard InChI is InChI=1S/C14H14Cl2N2O4S2/c1-9-6-7-10(8-13(9)23(19,20)17-2)18-24(21,22)14-11(15)4-3-5-12(14)16/h3-8,17-18H,1-2H3. The van der Waals surface area contributed by atoms with Crippen LogP contribution in [-0.4, -0.2) is 23.9 Å². The smallest absolute Gasteiger partial charge is 0.264 e. The molecule has 2 aromatic carbocycles. The van der Waals surface area contributed by atoms with Crippen molar-refractivity contribution in [2.45, 2.75) is 16.7 Å². The molecular weight excluding hydrogens is 395 g/mol. The van der Waals surface area contributed by atoms with E-state index in [-0.39, 0.29) is 25.5 Å². The normalized spacial score (nSPS) is 12.2. The first-order valence-corrected chi connectivity index (χ1v) is 10.3. The van der Waals surface area contributed by atoms with Crippen LogP contribution in [0.25, 0.3) is 0 Å². The number of sulfonamides is 2. The zero-order chi connectivity index (χ0) is 18.1. The number of rotatable bonds is 5. The van der Waals surface area contributed by atoms with Gasteiger partial charge >= 0.3 is 0 Å². The minimum atomic E-state index is -4.09. The highest BCUT2D eigenvalue weighted by molar-refractivity contribution is 7.93. The van der Waals surface area contributed by atoms with Gasteiger partial charge in [-0.3, -0.25) is 4.72 Å². The van der Waals surface area contributed by atoms with Crippen LogP contribution in [0.1, 0.15) is 5.56 Å². The van der Waals surface area contributed by atoms with Crippen LogP contribution in [0.15, 0.2) is 46.2 Å². The summed E-state index contributed by atoms with van der Waals surface area (Å²) in [6.07, 6.45) is 0. The fourth-order valence-electron chi connectivity index (χ4n) is 2.01. The molecule has 0 bridgehead atoms. The molecule has 0 radical (unpaired) electrons. The van der Waals surface area contributed by atoms with Crippen molar-refractivity contribution in [1.29, 1.82) is 0 Å². The van der Waals surface area contributed by atoms with Crippen LogP contribution < -0.4 is 9.44 Å². The van der Waals surface area contributed by atoms with Crippen molar-refractivity contribution >= 4 is 48.9 Å². The number of anilines is 1. The molecule has 2 aromatic rings. The van der Waals surface area contributed by atoms with Gasteiger partial charge in [-0.05, 0) is 43.8 Å². The second-order valence-corrected chi connectivity index (χ2v) is 9.13. The van der Waals surface area contributed by atoms with E-state index in [1.54, 1.807) is 6.92 Å². The molecule has 2 rings (SSSR count). The van der Waals surface area contributed by atoms with Crippen LogP contribution in [0.5, 0.6) is 0 Å². The van der Waals surface area contributed by atoms with Crippen LogP contribution in [0.4, 0.5) is 5.69 Å². The molecule has 0 spiro atoms. The predicted molar refractivity (Wildman–Crippen MR) is 94.7 cm³/mol. The van der Waals surface area contributed by atoms with Gasteiger partial charge in [0.25, 0.3) is 10.0 Å². The largest absolute Gasteiger partial charge is 0.279 e. The summed E-state index contributed by atoms with van der Waals surface area (Å²) in [5, 5.41) is -0.0737. The number of benzene rings is 2. The molecule has 2 N–H and O–H groups in total. The van der Waals surface area contributed by atoms with Gasteiger partial charge < -0.3 is 0 Å². The Kier molecular flexibility index (Phi) is 5.46. The quantitative estimate of drug-likeness (QED) is 0.794. The zero-order valence-electron chi connectivity index (χ0n) is 12.7. The van der Waals surface area contributed by atoms with Crippen molar-refractivity contribution in [1.82, 2.24) is 4.72 Å². The first-order valence-electron chi connectivity index (χ1n) is 6.59. The lowest BCUT2D eigenvalue weighted by molar-refractivity contribution is 0.587. The molecule has 0 heterocycles. The zero-order valence-corrected chi connectivity index (χ0v) is 15.8. The summed E-state index contributed by atoms with van der Waals surface area (Å²) in [5.74, 6) is 0. The average molecular weight is 409 g/mol. The monoisotopic (exact) mass is 408 g/mol. The van der Waals surface area contributed by atoms with Crippen molar-refractivity contribution in [3.8, 4) is 0 Å². The van der Waals surface area contributed by atoms with Crippen LogP contribution in [0.3, 0.4) is 0 Å². The van der Waals surface area contributed by atoms with Gasteiger partial charge in [0.2, 0.25) is 10.0 Å². The Labute approximate surface area is 150 Å². The van der Waals surface area contributed by atoms with E-state index < -0.39 is 20.0 Å². The second-order valence-electron chi connectivity index (χ2n) is 4.84. The Morgan fingerprint density at radius 3 is 2.04 bits per heavy atom. The number of halogens is 2. The minimum Gasteiger partial charge on any atom is -0.279 e. The molecule has 0 saturated heterocycles. The third-order valence-corrected chi connectivity index (χ3v) is 7.08. The van der Waals surface area contributed by atoms with Gasteiger partial charge in [0.1, 0.15) is 4.90 Å². The van der Waals surface area contributed by atoms with E-state index in [0.717, 1.165) is 0 Å². The number of hydrogen-bond acceptors (Lipinski definition) is 4. The Bertz CT molecular complexity index is 970. The fourth-order valence-corrected chi connectivity index (χ4v) is 5.20. The molecule has 0 aliphatic rings. The summed E-state index contributed by atoms with van der Waals surface area (Å²) in [4.78, 5) is -0.303. The molecule has 0 saturated carbocycles. The lowest BCUT2D eigenvalue weighted by Gasteiger charge is -2.13. The van der Waals surface area contributed by atoms with Gasteiger partial charge in [0, 0.05) is 0 Å². The summed E-state index contributed by atoms with van der Waals surface area (Å²) in [6.45, 7) is 1.60. The van der Waals surface area contributed by atoms with E-state index in [2.05, 4.69) is 9.44 Å². The van der Waals surface area contributed by atoms with Crippen LogP contribution in [0, 0.1) is 6.92 Å². The van der Waals surface area contributed by atoms with Gasteiger partial charge in [-0.25, -0.2) is 21.6 Å². The topological polar surface area (TPSA) is 92.3 Å². The van der Waals surface area contributed by atoms with E-state index in [1.165, 1.54) is 43.4 Å². The van der Waals surface area contributed by atoms with Crippen LogP contribution in [0.2, 0.25) is 10.0 Å². The van der Waals surface area contributed by atoms with Gasteiger partial charge in [0.05, 0.1) is 20.6 Å². The summed E-state index contributed by atoms with van der Waals surface area (Å²) in [5.41, 5.74) is 0.550. The second kappa shape index (κ2) is 6.89. The SMILES string of the molecule is CNS(=O)(=O)c1cc(NS(=O)(=O)c2c(Cl)cccc2Cl)ccc1C. The number of aryl methyl sites for hydroxylation is 1. The highest BCUT2D eigenvalue weighted by Crippen LogP contribution is 2.31. The molecule has 0 unspecified atom stereocenters. The molecule has 130 valence electrons. The summed E-state index contributed by atoms with van der Waals surface area (Å²) < 4.78 is 53.5. The highest BCUT2D eigenvalue weighted by atomic mass is 35.5. The average Bonchev–Trinajstić information content (AvgIpc) is 2.48. The molecule has 6 nitrogen and oxygen atoms in total. The molecule has 0 aliphatic carbocycles. The Hall–Kier alpha value is -1.32. The van der Waals surface area contributed by atoms with Crippen LogP contribution in [-0.2, 0) is 20.0 Å². The predicted octanol–water partition coefficient (Wildman–Crippen LogP) is 3.01. The minimum absolute atomic E-state index is 0.0320. The van der Waals surface area contributed by atoms with Crippen molar-refractivity contribution < 1.29 is 16.8 Å². The Morgan fingerprint density at radius 2 is 1.50 bits per heavy atom. The first kappa shape index (κ1) is 19.0. The fraction of sp³-hybridized carbons (Fsp3) is 0.143. The number of nitrogens with one attached hydrogen (secondary N) is 2. The molecule has 0 fully saturated rings. The molecule has 24 heavy (non-hydrogen) atoms. The van der Waals surface area contributed by atoms with E-state index in [1.807, 2.05) is 0 Å². The lowest BCUT2D eigenvalue weighted by Crippen LogP contribution is -2.20. The van der Waals surface area contributed by atoms with Crippen molar-refractivity contribution in [3.05, 3.63) is 52.0 Å². The van der Waals surface area contributed by atoms with Crippen molar-refractivity contribution in [2.24, 2.45) is 0 Å². The third kappa shape index (κ3) is 3.84. The maximum Gasteiger partial charge on any atom is 0.264 e. The van der Waals surface area contributed by atoms with Gasteiger partial charge in [-0.15, -0.1) is 0 Å². The number of hydrogen-bond donors (Lipinski definition) is 2. The highest BCUT2D eigenvalue weighted by Gasteiger charge is 2.23. The van der Waals surface area contributed by atoms with Crippen molar-refractivity contribution in [2.75, 3.05) is 11.8 Å². The van der Waals surface area contributed by atoms with E-state index in [4.69, 9.17) is 23.2 Å². The molecule has 0 amide bonds. The van der Waals surface area contributed by atoms with Gasteiger partial charge in [-0.2, -0.15) is 0 Å². The molecule has 0 atom stereocenters. The first-order chi connectivity index (χ1) is 11.1. The van der Waals surface area contributed by atoms with Gasteiger partial charge in [0.15, 0.2) is 0 Å². The van der Waals surface area contributed by atoms with E-state index >= 15 is 0 Å². The van der Waals surface area contributed by atoms with Crippen molar-refractivity contribution in [3.63, 3.8) is 0 Å². The maximum absolute atomic E-state index is 12.5. The van der Waals surface area contributed by atoms with Gasteiger partial charge in [-0.1, -0.05) is 35.3 Å². The summed E-state index contributed by atoms with van der Waals surface area (Å²) >= 11 is 11.8.